The van der Waals surface area contributed by atoms with Gasteiger partial charge in [0.05, 0.1) is 32.3 Å². The summed E-state index contributed by atoms with van der Waals surface area (Å²) >= 11 is 1.39. The molecule has 0 amide bonds. The van der Waals surface area contributed by atoms with Gasteiger partial charge < -0.3 is 18.6 Å². The van der Waals surface area contributed by atoms with Gasteiger partial charge >= 0.3 is 0 Å². The van der Waals surface area contributed by atoms with Gasteiger partial charge in [-0.05, 0) is 31.0 Å². The van der Waals surface area contributed by atoms with Crippen LogP contribution >= 0.6 is 11.9 Å². The molecular formula is C22H25FN6O3S. The van der Waals surface area contributed by atoms with E-state index in [1.165, 1.54) is 32.5 Å². The summed E-state index contributed by atoms with van der Waals surface area (Å²) in [5.74, 6) is 2.31. The molecule has 174 valence electrons. The number of aryl methyl sites for hydroxylation is 1. The van der Waals surface area contributed by atoms with E-state index in [2.05, 4.69) is 37.8 Å². The van der Waals surface area contributed by atoms with Gasteiger partial charge in [-0.3, -0.25) is 4.90 Å². The predicted octanol–water partition coefficient (Wildman–Crippen LogP) is 4.14. The topological polar surface area (TPSA) is 98.4 Å². The Bertz CT molecular complexity index is 1100. The molecular weight excluding hydrogens is 447 g/mol. The summed E-state index contributed by atoms with van der Waals surface area (Å²) < 4.78 is 33.0. The Balaban J connectivity index is 1.85. The number of methoxy groups -OCH3 is 2. The summed E-state index contributed by atoms with van der Waals surface area (Å²) in [7, 11) is 3.00. The van der Waals surface area contributed by atoms with Crippen LogP contribution in [0.5, 0.6) is 11.8 Å². The smallest absolute Gasteiger partial charge is 0.245 e. The van der Waals surface area contributed by atoms with Crippen LogP contribution in [0.2, 0.25) is 0 Å². The zero-order chi connectivity index (χ0) is 24.0. The molecule has 0 unspecified atom stereocenters. The molecule has 3 rings (SSSR count). The van der Waals surface area contributed by atoms with Crippen LogP contribution in [0.4, 0.5) is 10.1 Å². The van der Waals surface area contributed by atoms with Crippen molar-refractivity contribution in [3.05, 3.63) is 73.0 Å². The molecule has 3 heterocycles. The van der Waals surface area contributed by atoms with E-state index >= 15 is 0 Å². The van der Waals surface area contributed by atoms with E-state index < -0.39 is 5.82 Å². The fourth-order valence-electron chi connectivity index (χ4n) is 2.93. The summed E-state index contributed by atoms with van der Waals surface area (Å²) in [6.07, 6.45) is 4.16. The maximum atomic E-state index is 13.1. The largest absolute Gasteiger partial charge is 0.479 e. The minimum atomic E-state index is -0.471. The quantitative estimate of drug-likeness (QED) is 0.410. The third-order valence-electron chi connectivity index (χ3n) is 4.45. The summed E-state index contributed by atoms with van der Waals surface area (Å²) in [5.41, 5.74) is 0.885. The molecule has 0 aliphatic heterocycles. The van der Waals surface area contributed by atoms with Crippen LogP contribution in [0.3, 0.4) is 0 Å². The zero-order valence-electron chi connectivity index (χ0n) is 18.8. The molecule has 1 N–H and O–H groups in total. The lowest BCUT2D eigenvalue weighted by molar-refractivity contribution is 0.373. The maximum Gasteiger partial charge on any atom is 0.245 e. The normalized spacial score (nSPS) is 11.5. The number of nitrogens with zero attached hydrogens (tertiary/aromatic N) is 5. The second-order valence-electron chi connectivity index (χ2n) is 6.93. The maximum absolute atomic E-state index is 13.1. The van der Waals surface area contributed by atoms with Gasteiger partial charge in [-0.15, -0.1) is 0 Å². The Hall–Kier alpha value is -3.60. The molecule has 0 saturated carbocycles. The average Bonchev–Trinajstić information content (AvgIpc) is 3.25. The number of aromatic nitrogens is 4. The van der Waals surface area contributed by atoms with E-state index in [0.717, 1.165) is 18.2 Å². The van der Waals surface area contributed by atoms with Crippen molar-refractivity contribution in [1.82, 2.24) is 24.7 Å². The first-order valence-electron chi connectivity index (χ1n) is 9.89. The first-order chi connectivity index (χ1) is 15.8. The SMILES string of the molecule is C=C(NS[C@H](C)Cc1ncc(F)cn1)N(C(=C)c1ccc(C)o1)c1c(OC)ncnc1OC. The van der Waals surface area contributed by atoms with Crippen molar-refractivity contribution in [1.29, 1.82) is 0 Å². The standard InChI is InChI=1S/C22H25FN6O3S/c1-13-7-8-18(32-13)15(3)29(20-21(30-5)26-12-27-22(20)31-6)16(4)28-33-14(2)9-19-24-10-17(23)11-25-19/h7-8,10-12,14,28H,3-4,9H2,1-2,5-6H3/t14-/m1/s1. The Kier molecular flexibility index (Phi) is 7.88. The van der Waals surface area contributed by atoms with Crippen LogP contribution in [0.15, 0.2) is 54.2 Å². The molecule has 0 aromatic carbocycles. The highest BCUT2D eigenvalue weighted by Crippen LogP contribution is 2.40. The van der Waals surface area contributed by atoms with Gasteiger partial charge in [-0.25, -0.2) is 14.4 Å². The van der Waals surface area contributed by atoms with Gasteiger partial charge in [0.15, 0.2) is 11.5 Å². The molecule has 3 aromatic heterocycles. The Morgan fingerprint density at radius 2 is 1.79 bits per heavy atom. The highest BCUT2D eigenvalue weighted by atomic mass is 32.2. The van der Waals surface area contributed by atoms with E-state index in [0.29, 0.717) is 35.2 Å². The molecule has 0 aliphatic rings. The lowest BCUT2D eigenvalue weighted by Gasteiger charge is -2.29. The van der Waals surface area contributed by atoms with Crippen LogP contribution in [0.25, 0.3) is 5.70 Å². The van der Waals surface area contributed by atoms with Gasteiger partial charge in [0.1, 0.15) is 29.5 Å². The molecule has 3 aromatic rings. The van der Waals surface area contributed by atoms with Crippen molar-refractivity contribution in [2.75, 3.05) is 19.1 Å². The van der Waals surface area contributed by atoms with E-state index in [1.54, 1.807) is 4.90 Å². The number of furan rings is 1. The fourth-order valence-corrected chi connectivity index (χ4v) is 3.59. The van der Waals surface area contributed by atoms with Crippen molar-refractivity contribution >= 4 is 23.3 Å². The predicted molar refractivity (Wildman–Crippen MR) is 125 cm³/mol. The molecule has 0 radical (unpaired) electrons. The van der Waals surface area contributed by atoms with Crippen LogP contribution in [0.1, 0.15) is 24.3 Å². The fraction of sp³-hybridized carbons (Fsp3) is 0.273. The molecule has 0 spiro atoms. The van der Waals surface area contributed by atoms with Crippen LogP contribution in [-0.4, -0.2) is 39.4 Å². The minimum Gasteiger partial charge on any atom is -0.479 e. The third kappa shape index (κ3) is 5.80. The lowest BCUT2D eigenvalue weighted by atomic mass is 10.2. The van der Waals surface area contributed by atoms with Crippen LogP contribution in [0, 0.1) is 12.7 Å². The van der Waals surface area contributed by atoms with Gasteiger partial charge in [-0.1, -0.05) is 20.1 Å². The van der Waals surface area contributed by atoms with Crippen molar-refractivity contribution in [2.45, 2.75) is 25.5 Å². The third-order valence-corrected chi connectivity index (χ3v) is 5.37. The van der Waals surface area contributed by atoms with Gasteiger partial charge in [0, 0.05) is 11.7 Å². The molecule has 1 atom stereocenters. The molecule has 0 bridgehead atoms. The Morgan fingerprint density at radius 1 is 1.15 bits per heavy atom. The summed E-state index contributed by atoms with van der Waals surface area (Å²) in [6.45, 7) is 12.2. The van der Waals surface area contributed by atoms with Gasteiger partial charge in [0.2, 0.25) is 11.8 Å². The Morgan fingerprint density at radius 3 is 2.33 bits per heavy atom. The summed E-state index contributed by atoms with van der Waals surface area (Å²) in [4.78, 5) is 18.1. The molecule has 0 aliphatic carbocycles. The van der Waals surface area contributed by atoms with E-state index in [-0.39, 0.29) is 17.0 Å². The molecule has 11 heteroatoms. The zero-order valence-corrected chi connectivity index (χ0v) is 19.6. The van der Waals surface area contributed by atoms with E-state index in [1.807, 2.05) is 26.0 Å². The second kappa shape index (κ2) is 10.8. The van der Waals surface area contributed by atoms with Gasteiger partial charge in [-0.2, -0.15) is 9.97 Å². The number of anilines is 1. The molecule has 33 heavy (non-hydrogen) atoms. The monoisotopic (exact) mass is 472 g/mol. The molecule has 0 fully saturated rings. The number of hydrogen-bond acceptors (Lipinski definition) is 10. The number of rotatable bonds is 11. The first-order valence-corrected chi connectivity index (χ1v) is 10.8. The second-order valence-corrected chi connectivity index (χ2v) is 8.18. The van der Waals surface area contributed by atoms with Crippen LogP contribution < -0.4 is 19.1 Å². The number of nitrogens with one attached hydrogen (secondary N) is 1. The average molecular weight is 473 g/mol. The van der Waals surface area contributed by atoms with Gasteiger partial charge in [0.25, 0.3) is 0 Å². The van der Waals surface area contributed by atoms with E-state index in [4.69, 9.17) is 13.9 Å². The number of halogens is 1. The van der Waals surface area contributed by atoms with Crippen molar-refractivity contribution < 1.29 is 18.3 Å². The minimum absolute atomic E-state index is 0.0315. The Labute approximate surface area is 195 Å². The number of hydrogen-bond donors (Lipinski definition) is 1. The van der Waals surface area contributed by atoms with Crippen molar-refractivity contribution in [3.63, 3.8) is 0 Å². The summed E-state index contributed by atoms with van der Waals surface area (Å²) in [6, 6.07) is 3.65. The van der Waals surface area contributed by atoms with Crippen molar-refractivity contribution in [3.8, 4) is 11.8 Å². The lowest BCUT2D eigenvalue weighted by Crippen LogP contribution is -2.29. The highest BCUT2D eigenvalue weighted by molar-refractivity contribution is 7.98. The molecule has 9 nitrogen and oxygen atoms in total. The van der Waals surface area contributed by atoms with Crippen molar-refractivity contribution in [2.24, 2.45) is 0 Å². The van der Waals surface area contributed by atoms with Crippen LogP contribution in [-0.2, 0) is 6.42 Å². The van der Waals surface area contributed by atoms with E-state index in [9.17, 15) is 4.39 Å². The summed E-state index contributed by atoms with van der Waals surface area (Å²) in [5, 5.41) is 0.0315. The number of ether oxygens (including phenoxy) is 2. The molecule has 0 saturated heterocycles. The highest BCUT2D eigenvalue weighted by Gasteiger charge is 2.27. The first kappa shape index (κ1) is 24.1.